The van der Waals surface area contributed by atoms with E-state index in [0.29, 0.717) is 11.7 Å². The van der Waals surface area contributed by atoms with Gasteiger partial charge in [-0.05, 0) is 24.0 Å². The van der Waals surface area contributed by atoms with Crippen LogP contribution in [-0.2, 0) is 6.42 Å². The van der Waals surface area contributed by atoms with Gasteiger partial charge in [0.1, 0.15) is 5.75 Å². The third-order valence-electron chi connectivity index (χ3n) is 2.63. The topological polar surface area (TPSA) is 32.3 Å². The van der Waals surface area contributed by atoms with Crippen molar-refractivity contribution in [3.05, 3.63) is 23.3 Å². The molecule has 1 heterocycles. The van der Waals surface area contributed by atoms with Gasteiger partial charge in [0.2, 0.25) is 0 Å². The van der Waals surface area contributed by atoms with E-state index in [4.69, 9.17) is 0 Å². The van der Waals surface area contributed by atoms with Crippen molar-refractivity contribution >= 4 is 5.69 Å². The number of anilines is 1. The fourth-order valence-corrected chi connectivity index (χ4v) is 1.86. The average molecular weight is 177 g/mol. The number of fused-ring (bicyclic) bond motifs is 1. The van der Waals surface area contributed by atoms with Crippen LogP contribution in [0.5, 0.6) is 5.75 Å². The summed E-state index contributed by atoms with van der Waals surface area (Å²) in [5.74, 6) is 0.892. The van der Waals surface area contributed by atoms with Gasteiger partial charge in [-0.25, -0.2) is 0 Å². The maximum atomic E-state index is 9.94. The van der Waals surface area contributed by atoms with Crippen molar-refractivity contribution in [2.75, 3.05) is 11.9 Å². The molecule has 0 amide bonds. The van der Waals surface area contributed by atoms with Gasteiger partial charge in [-0.1, -0.05) is 19.9 Å². The van der Waals surface area contributed by atoms with E-state index < -0.39 is 0 Å². The highest BCUT2D eigenvalue weighted by Gasteiger charge is 2.17. The molecule has 0 spiro atoms. The summed E-state index contributed by atoms with van der Waals surface area (Å²) in [6.07, 6.45) is 0.946. The summed E-state index contributed by atoms with van der Waals surface area (Å²) < 4.78 is 0. The molecule has 2 nitrogen and oxygen atoms in total. The van der Waals surface area contributed by atoms with Crippen LogP contribution in [0.25, 0.3) is 0 Å². The molecule has 0 aromatic heterocycles. The molecule has 2 heteroatoms. The van der Waals surface area contributed by atoms with E-state index >= 15 is 0 Å². The van der Waals surface area contributed by atoms with E-state index in [0.717, 1.165) is 29.8 Å². The minimum Gasteiger partial charge on any atom is -0.507 e. The van der Waals surface area contributed by atoms with Crippen LogP contribution in [-0.4, -0.2) is 11.7 Å². The van der Waals surface area contributed by atoms with Crippen molar-refractivity contribution in [2.45, 2.75) is 26.2 Å². The van der Waals surface area contributed by atoms with Gasteiger partial charge in [-0.2, -0.15) is 0 Å². The van der Waals surface area contributed by atoms with Crippen LogP contribution in [0, 0.1) is 0 Å². The van der Waals surface area contributed by atoms with Gasteiger partial charge < -0.3 is 10.4 Å². The van der Waals surface area contributed by atoms with Gasteiger partial charge in [-0.15, -0.1) is 0 Å². The molecule has 13 heavy (non-hydrogen) atoms. The number of hydrogen-bond donors (Lipinski definition) is 2. The van der Waals surface area contributed by atoms with Crippen LogP contribution < -0.4 is 5.32 Å². The Balaban J connectivity index is 2.52. The van der Waals surface area contributed by atoms with Gasteiger partial charge in [0.25, 0.3) is 0 Å². The summed E-state index contributed by atoms with van der Waals surface area (Å²) in [6.45, 7) is 5.15. The summed E-state index contributed by atoms with van der Waals surface area (Å²) in [7, 11) is 0. The molecular weight excluding hydrogens is 162 g/mol. The molecule has 2 N–H and O–H groups in total. The Labute approximate surface area is 78.6 Å². The molecule has 0 atom stereocenters. The van der Waals surface area contributed by atoms with Crippen molar-refractivity contribution in [3.8, 4) is 5.75 Å². The van der Waals surface area contributed by atoms with E-state index in [1.807, 2.05) is 6.07 Å². The second-order valence-corrected chi connectivity index (χ2v) is 3.86. The first-order chi connectivity index (χ1) is 6.20. The zero-order valence-corrected chi connectivity index (χ0v) is 8.09. The van der Waals surface area contributed by atoms with E-state index in [1.165, 1.54) is 0 Å². The summed E-state index contributed by atoms with van der Waals surface area (Å²) in [5, 5.41) is 13.2. The third-order valence-corrected chi connectivity index (χ3v) is 2.63. The van der Waals surface area contributed by atoms with Crippen LogP contribution in [0.15, 0.2) is 12.1 Å². The quantitative estimate of drug-likeness (QED) is 0.690. The number of rotatable bonds is 1. The largest absolute Gasteiger partial charge is 0.507 e. The van der Waals surface area contributed by atoms with Crippen LogP contribution in [0.1, 0.15) is 30.9 Å². The standard InChI is InChI=1S/C11H15NO/c1-7(2)8-3-4-10-9(11(8)13)5-6-12-10/h3-4,7,12-13H,5-6H2,1-2H3. The molecule has 2 rings (SSSR count). The molecule has 0 aliphatic carbocycles. The molecule has 1 aromatic carbocycles. The first-order valence-electron chi connectivity index (χ1n) is 4.78. The van der Waals surface area contributed by atoms with E-state index in [2.05, 4.69) is 25.2 Å². The molecule has 70 valence electrons. The number of benzene rings is 1. The zero-order chi connectivity index (χ0) is 9.42. The van der Waals surface area contributed by atoms with Gasteiger partial charge in [0.05, 0.1) is 0 Å². The van der Waals surface area contributed by atoms with Crippen molar-refractivity contribution in [3.63, 3.8) is 0 Å². The number of nitrogens with one attached hydrogen (secondary N) is 1. The first kappa shape index (κ1) is 8.42. The van der Waals surface area contributed by atoms with Crippen molar-refractivity contribution in [1.29, 1.82) is 0 Å². The summed E-state index contributed by atoms with van der Waals surface area (Å²) >= 11 is 0. The highest BCUT2D eigenvalue weighted by molar-refractivity contribution is 5.63. The lowest BCUT2D eigenvalue weighted by Crippen LogP contribution is -1.91. The van der Waals surface area contributed by atoms with Crippen LogP contribution in [0.3, 0.4) is 0 Å². The van der Waals surface area contributed by atoms with E-state index in [1.54, 1.807) is 0 Å². The van der Waals surface area contributed by atoms with E-state index in [9.17, 15) is 5.11 Å². The lowest BCUT2D eigenvalue weighted by Gasteiger charge is -2.11. The number of hydrogen-bond acceptors (Lipinski definition) is 2. The Morgan fingerprint density at radius 3 is 2.85 bits per heavy atom. The highest BCUT2D eigenvalue weighted by atomic mass is 16.3. The lowest BCUT2D eigenvalue weighted by atomic mass is 9.98. The highest BCUT2D eigenvalue weighted by Crippen LogP contribution is 2.36. The predicted octanol–water partition coefficient (Wildman–Crippen LogP) is 2.48. The minimum atomic E-state index is 0.394. The Morgan fingerprint density at radius 1 is 1.38 bits per heavy atom. The van der Waals surface area contributed by atoms with Crippen LogP contribution >= 0.6 is 0 Å². The van der Waals surface area contributed by atoms with Crippen molar-refractivity contribution in [2.24, 2.45) is 0 Å². The zero-order valence-electron chi connectivity index (χ0n) is 8.09. The summed E-state index contributed by atoms with van der Waals surface area (Å²) in [4.78, 5) is 0. The average Bonchev–Trinajstić information content (AvgIpc) is 2.52. The van der Waals surface area contributed by atoms with Gasteiger partial charge in [-0.3, -0.25) is 0 Å². The van der Waals surface area contributed by atoms with Crippen LogP contribution in [0.2, 0.25) is 0 Å². The van der Waals surface area contributed by atoms with Crippen molar-refractivity contribution in [1.82, 2.24) is 0 Å². The smallest absolute Gasteiger partial charge is 0.124 e. The van der Waals surface area contributed by atoms with Gasteiger partial charge in [0.15, 0.2) is 0 Å². The molecule has 1 aliphatic rings. The second kappa shape index (κ2) is 2.95. The maximum absolute atomic E-state index is 9.94. The Bertz CT molecular complexity index is 331. The van der Waals surface area contributed by atoms with Crippen LogP contribution in [0.4, 0.5) is 5.69 Å². The summed E-state index contributed by atoms with van der Waals surface area (Å²) in [6, 6.07) is 4.08. The molecule has 1 aliphatic heterocycles. The SMILES string of the molecule is CC(C)c1ccc2c(c1O)CCN2. The normalized spacial score (nSPS) is 14.4. The maximum Gasteiger partial charge on any atom is 0.124 e. The predicted molar refractivity (Wildman–Crippen MR) is 54.4 cm³/mol. The number of phenols is 1. The summed E-state index contributed by atoms with van der Waals surface area (Å²) in [5.41, 5.74) is 3.25. The third kappa shape index (κ3) is 1.26. The van der Waals surface area contributed by atoms with E-state index in [-0.39, 0.29) is 0 Å². The Morgan fingerprint density at radius 2 is 2.15 bits per heavy atom. The van der Waals surface area contributed by atoms with Gasteiger partial charge >= 0.3 is 0 Å². The molecule has 0 unspecified atom stereocenters. The fraction of sp³-hybridized carbons (Fsp3) is 0.455. The molecule has 0 bridgehead atoms. The second-order valence-electron chi connectivity index (χ2n) is 3.86. The molecule has 0 saturated heterocycles. The molecule has 0 radical (unpaired) electrons. The molecular formula is C11H15NO. The van der Waals surface area contributed by atoms with Crippen molar-refractivity contribution < 1.29 is 5.11 Å². The minimum absolute atomic E-state index is 0.394. The monoisotopic (exact) mass is 177 g/mol. The Kier molecular flexibility index (Phi) is 1.91. The van der Waals surface area contributed by atoms with Gasteiger partial charge in [0, 0.05) is 17.8 Å². The fourth-order valence-electron chi connectivity index (χ4n) is 1.86. The number of phenolic OH excluding ortho intramolecular Hbond substituents is 1. The first-order valence-corrected chi connectivity index (χ1v) is 4.78. The molecule has 1 aromatic rings. The number of aromatic hydroxyl groups is 1. The molecule has 0 saturated carbocycles. The molecule has 0 fully saturated rings. The Hall–Kier alpha value is -1.18. The lowest BCUT2D eigenvalue weighted by molar-refractivity contribution is 0.460.